The molecule has 0 fully saturated rings. The first-order chi connectivity index (χ1) is 7.40. The molecule has 0 bridgehead atoms. The van der Waals surface area contributed by atoms with Gasteiger partial charge in [-0.05, 0) is 31.0 Å². The van der Waals surface area contributed by atoms with Crippen molar-refractivity contribution in [3.8, 4) is 0 Å². The summed E-state index contributed by atoms with van der Waals surface area (Å²) < 4.78 is 38.7. The number of alkyl halides is 3. The number of rotatable bonds is 4. The Kier molecular flexibility index (Phi) is 4.18. The molecule has 0 radical (unpaired) electrons. The first kappa shape index (κ1) is 12.8. The van der Waals surface area contributed by atoms with E-state index >= 15 is 0 Å². The summed E-state index contributed by atoms with van der Waals surface area (Å²) in [6.45, 7) is 3.61. The van der Waals surface area contributed by atoms with Crippen molar-refractivity contribution in [1.29, 1.82) is 0 Å². The van der Waals surface area contributed by atoms with Crippen LogP contribution in [0.2, 0.25) is 0 Å². The van der Waals surface area contributed by atoms with E-state index in [4.69, 9.17) is 0 Å². The number of hydrogen-bond acceptors (Lipinski definition) is 2. The van der Waals surface area contributed by atoms with Crippen LogP contribution in [-0.2, 0) is 4.74 Å². The van der Waals surface area contributed by atoms with Gasteiger partial charge in [-0.25, -0.2) is 0 Å². The van der Waals surface area contributed by atoms with Gasteiger partial charge in [0.2, 0.25) is 0 Å². The Morgan fingerprint density at radius 2 is 1.94 bits per heavy atom. The highest BCUT2D eigenvalue weighted by atomic mass is 19.4. The fraction of sp³-hybridized carbons (Fsp3) is 0.455. The Bertz CT molecular complexity index is 350. The summed E-state index contributed by atoms with van der Waals surface area (Å²) >= 11 is 0. The average molecular weight is 233 g/mol. The minimum atomic E-state index is -4.55. The molecule has 90 valence electrons. The van der Waals surface area contributed by atoms with E-state index in [-0.39, 0.29) is 6.54 Å². The molecule has 0 saturated heterocycles. The molecule has 0 amide bonds. The van der Waals surface area contributed by atoms with Gasteiger partial charge in [-0.3, -0.25) is 4.74 Å². The highest BCUT2D eigenvalue weighted by Gasteiger charge is 2.28. The van der Waals surface area contributed by atoms with Crippen molar-refractivity contribution in [2.24, 2.45) is 0 Å². The van der Waals surface area contributed by atoms with Gasteiger partial charge < -0.3 is 5.32 Å². The summed E-state index contributed by atoms with van der Waals surface area (Å²) in [7, 11) is 0. The molecule has 0 spiro atoms. The lowest BCUT2D eigenvalue weighted by Crippen LogP contribution is -2.19. The topological polar surface area (TPSA) is 21.3 Å². The Balaban J connectivity index is 2.41. The van der Waals surface area contributed by atoms with E-state index in [1.807, 2.05) is 32.0 Å². The zero-order valence-electron chi connectivity index (χ0n) is 9.19. The molecule has 1 aromatic carbocycles. The molecule has 2 nitrogen and oxygen atoms in total. The molecular formula is C11H14F3NO. The maximum Gasteiger partial charge on any atom is 0.522 e. The molecule has 0 unspecified atom stereocenters. The van der Waals surface area contributed by atoms with Gasteiger partial charge in [0.05, 0.1) is 6.61 Å². The minimum Gasteiger partial charge on any atom is -0.383 e. The lowest BCUT2D eigenvalue weighted by molar-refractivity contribution is -0.322. The lowest BCUT2D eigenvalue weighted by Gasteiger charge is -2.12. The summed E-state index contributed by atoms with van der Waals surface area (Å²) in [5.41, 5.74) is 2.97. The van der Waals surface area contributed by atoms with Gasteiger partial charge in [0.15, 0.2) is 0 Å². The predicted octanol–water partition coefficient (Wildman–Crippen LogP) is 3.25. The van der Waals surface area contributed by atoms with Crippen molar-refractivity contribution in [2.45, 2.75) is 20.2 Å². The maximum absolute atomic E-state index is 11.7. The molecule has 0 aliphatic rings. The number of hydrogen-bond donors (Lipinski definition) is 1. The second-order valence-electron chi connectivity index (χ2n) is 3.47. The number of nitrogens with one attached hydrogen (secondary N) is 1. The minimum absolute atomic E-state index is 0.129. The zero-order valence-corrected chi connectivity index (χ0v) is 9.19. The van der Waals surface area contributed by atoms with Gasteiger partial charge in [-0.1, -0.05) is 12.1 Å². The molecule has 5 heteroatoms. The van der Waals surface area contributed by atoms with Crippen LogP contribution in [0.15, 0.2) is 18.2 Å². The van der Waals surface area contributed by atoms with Crippen LogP contribution < -0.4 is 5.32 Å². The molecular weight excluding hydrogens is 219 g/mol. The largest absolute Gasteiger partial charge is 0.522 e. The number of ether oxygens (including phenoxy) is 1. The van der Waals surface area contributed by atoms with Gasteiger partial charge in [0, 0.05) is 12.2 Å². The molecule has 1 rings (SSSR count). The number of aryl methyl sites for hydroxylation is 1. The van der Waals surface area contributed by atoms with Crippen LogP contribution in [0.4, 0.5) is 18.9 Å². The molecule has 0 atom stereocenters. The van der Waals surface area contributed by atoms with Crippen molar-refractivity contribution in [2.75, 3.05) is 18.5 Å². The Labute approximate surface area is 92.4 Å². The predicted molar refractivity (Wildman–Crippen MR) is 56.4 cm³/mol. The van der Waals surface area contributed by atoms with Gasteiger partial charge in [0.1, 0.15) is 0 Å². The summed E-state index contributed by atoms with van der Waals surface area (Å²) in [5, 5.41) is 2.90. The second kappa shape index (κ2) is 5.21. The Hall–Kier alpha value is -1.23. The molecule has 0 heterocycles. The third kappa shape index (κ3) is 4.10. The van der Waals surface area contributed by atoms with Crippen LogP contribution in [0.3, 0.4) is 0 Å². The summed E-state index contributed by atoms with van der Waals surface area (Å²) in [6, 6.07) is 5.64. The van der Waals surface area contributed by atoms with E-state index in [1.165, 1.54) is 0 Å². The van der Waals surface area contributed by atoms with Gasteiger partial charge in [-0.2, -0.15) is 0 Å². The van der Waals surface area contributed by atoms with Gasteiger partial charge >= 0.3 is 6.36 Å². The highest BCUT2D eigenvalue weighted by Crippen LogP contribution is 2.18. The zero-order chi connectivity index (χ0) is 12.2. The second-order valence-corrected chi connectivity index (χ2v) is 3.47. The molecule has 0 aliphatic carbocycles. The van der Waals surface area contributed by atoms with Crippen LogP contribution >= 0.6 is 0 Å². The number of halogens is 3. The van der Waals surface area contributed by atoms with Crippen molar-refractivity contribution in [3.05, 3.63) is 29.3 Å². The third-order valence-corrected chi connectivity index (χ3v) is 2.29. The quantitative estimate of drug-likeness (QED) is 0.806. The van der Waals surface area contributed by atoms with Crippen LogP contribution in [-0.4, -0.2) is 19.5 Å². The molecule has 16 heavy (non-hydrogen) atoms. The van der Waals surface area contributed by atoms with E-state index in [0.717, 1.165) is 16.8 Å². The van der Waals surface area contributed by atoms with E-state index in [2.05, 4.69) is 10.1 Å². The van der Waals surface area contributed by atoms with E-state index in [1.54, 1.807) is 0 Å². The number of anilines is 1. The molecule has 1 aromatic rings. The van der Waals surface area contributed by atoms with Crippen molar-refractivity contribution < 1.29 is 17.9 Å². The van der Waals surface area contributed by atoms with Crippen molar-refractivity contribution >= 4 is 5.69 Å². The van der Waals surface area contributed by atoms with Crippen molar-refractivity contribution in [3.63, 3.8) is 0 Å². The van der Waals surface area contributed by atoms with E-state index < -0.39 is 13.0 Å². The normalized spacial score (nSPS) is 11.6. The highest BCUT2D eigenvalue weighted by molar-refractivity contribution is 5.53. The summed E-state index contributed by atoms with van der Waals surface area (Å²) in [5.74, 6) is 0. The van der Waals surface area contributed by atoms with Crippen LogP contribution in [0.25, 0.3) is 0 Å². The first-order valence-corrected chi connectivity index (χ1v) is 4.91. The van der Waals surface area contributed by atoms with Gasteiger partial charge in [0.25, 0.3) is 0 Å². The van der Waals surface area contributed by atoms with Crippen LogP contribution in [0.5, 0.6) is 0 Å². The smallest absolute Gasteiger partial charge is 0.383 e. The Morgan fingerprint density at radius 1 is 1.25 bits per heavy atom. The fourth-order valence-corrected chi connectivity index (χ4v) is 1.30. The summed E-state index contributed by atoms with van der Waals surface area (Å²) in [4.78, 5) is 0. The molecule has 0 aromatic heterocycles. The lowest BCUT2D eigenvalue weighted by atomic mass is 10.1. The first-order valence-electron chi connectivity index (χ1n) is 4.91. The standard InChI is InChI=1S/C11H14F3NO/c1-8-4-3-5-10(9(8)2)15-6-7-16-11(12,13)14/h3-5,15H,6-7H2,1-2H3. The van der Waals surface area contributed by atoms with Crippen LogP contribution in [0.1, 0.15) is 11.1 Å². The van der Waals surface area contributed by atoms with E-state index in [0.29, 0.717) is 0 Å². The summed E-state index contributed by atoms with van der Waals surface area (Å²) in [6.07, 6.45) is -4.55. The van der Waals surface area contributed by atoms with Crippen LogP contribution in [0, 0.1) is 13.8 Å². The van der Waals surface area contributed by atoms with Crippen molar-refractivity contribution in [1.82, 2.24) is 0 Å². The Morgan fingerprint density at radius 3 is 2.56 bits per heavy atom. The van der Waals surface area contributed by atoms with E-state index in [9.17, 15) is 13.2 Å². The molecule has 0 aliphatic heterocycles. The maximum atomic E-state index is 11.7. The number of benzene rings is 1. The van der Waals surface area contributed by atoms with Gasteiger partial charge in [-0.15, -0.1) is 13.2 Å². The fourth-order valence-electron chi connectivity index (χ4n) is 1.30. The monoisotopic (exact) mass is 233 g/mol. The molecule has 1 N–H and O–H groups in total. The molecule has 0 saturated carbocycles. The SMILES string of the molecule is Cc1cccc(NCCOC(F)(F)F)c1C. The average Bonchev–Trinajstić information content (AvgIpc) is 2.17. The third-order valence-electron chi connectivity index (χ3n) is 2.29.